The molecule has 0 unspecified atom stereocenters. The quantitative estimate of drug-likeness (QED) is 0.785. The summed E-state index contributed by atoms with van der Waals surface area (Å²) in [5.74, 6) is -0.957. The number of nitrogens with zero attached hydrogens (tertiary/aromatic N) is 1. The van der Waals surface area contributed by atoms with Crippen LogP contribution in [0, 0.1) is 0 Å². The third-order valence-electron chi connectivity index (χ3n) is 3.22. The molecule has 1 aromatic carbocycles. The molecular formula is C17H17BrN2O3. The van der Waals surface area contributed by atoms with Gasteiger partial charge in [0.05, 0.1) is 6.04 Å². The minimum atomic E-state index is -0.613. The topological polar surface area (TPSA) is 68.3 Å². The zero-order valence-electron chi connectivity index (χ0n) is 12.7. The number of ether oxygens (including phenoxy) is 1. The Labute approximate surface area is 143 Å². The van der Waals surface area contributed by atoms with E-state index in [9.17, 15) is 9.59 Å². The zero-order valence-corrected chi connectivity index (χ0v) is 14.2. The average Bonchev–Trinajstić information content (AvgIpc) is 2.59. The normalized spacial score (nSPS) is 11.6. The van der Waals surface area contributed by atoms with Crippen LogP contribution in [0.1, 0.15) is 35.4 Å². The standard InChI is InChI=1S/C17H17BrN2O3/c1-2-14(12-6-8-13(18)9-7-12)20-16(21)11-23-17(22)15-5-3-4-10-19-15/h3-10,14H,2,11H2,1H3,(H,20,21)/t14-/m1/s1. The van der Waals surface area contributed by atoms with Crippen molar-refractivity contribution in [3.63, 3.8) is 0 Å². The summed E-state index contributed by atoms with van der Waals surface area (Å²) in [6.07, 6.45) is 2.23. The van der Waals surface area contributed by atoms with Crippen LogP contribution in [0.15, 0.2) is 53.1 Å². The van der Waals surface area contributed by atoms with Crippen molar-refractivity contribution in [2.45, 2.75) is 19.4 Å². The Kier molecular flexibility index (Phi) is 6.29. The molecule has 1 amide bonds. The Bertz CT molecular complexity index is 659. The minimum Gasteiger partial charge on any atom is -0.451 e. The second-order valence-corrected chi connectivity index (χ2v) is 5.79. The smallest absolute Gasteiger partial charge is 0.357 e. The highest BCUT2D eigenvalue weighted by Crippen LogP contribution is 2.19. The highest BCUT2D eigenvalue weighted by Gasteiger charge is 2.15. The Morgan fingerprint density at radius 2 is 1.96 bits per heavy atom. The summed E-state index contributed by atoms with van der Waals surface area (Å²) in [5, 5.41) is 2.86. The number of aromatic nitrogens is 1. The molecule has 120 valence electrons. The molecule has 0 aliphatic heterocycles. The first-order valence-corrected chi connectivity index (χ1v) is 8.02. The van der Waals surface area contributed by atoms with Crippen LogP contribution >= 0.6 is 15.9 Å². The van der Waals surface area contributed by atoms with Gasteiger partial charge in [0.1, 0.15) is 5.69 Å². The van der Waals surface area contributed by atoms with Crippen molar-refractivity contribution in [2.75, 3.05) is 6.61 Å². The van der Waals surface area contributed by atoms with Gasteiger partial charge < -0.3 is 10.1 Å². The molecule has 5 nitrogen and oxygen atoms in total. The Balaban J connectivity index is 1.88. The van der Waals surface area contributed by atoms with Gasteiger partial charge in [0, 0.05) is 10.7 Å². The van der Waals surface area contributed by atoms with Gasteiger partial charge in [0.2, 0.25) is 0 Å². The van der Waals surface area contributed by atoms with Gasteiger partial charge >= 0.3 is 5.97 Å². The number of carbonyl (C=O) groups is 2. The Morgan fingerprint density at radius 1 is 1.22 bits per heavy atom. The van der Waals surface area contributed by atoms with E-state index in [0.717, 1.165) is 16.5 Å². The van der Waals surface area contributed by atoms with Crippen molar-refractivity contribution in [2.24, 2.45) is 0 Å². The van der Waals surface area contributed by atoms with E-state index in [4.69, 9.17) is 4.74 Å². The van der Waals surface area contributed by atoms with E-state index >= 15 is 0 Å². The van der Waals surface area contributed by atoms with Crippen LogP contribution < -0.4 is 5.32 Å². The van der Waals surface area contributed by atoms with Gasteiger partial charge in [-0.15, -0.1) is 0 Å². The van der Waals surface area contributed by atoms with Crippen molar-refractivity contribution in [3.05, 3.63) is 64.4 Å². The van der Waals surface area contributed by atoms with Gasteiger partial charge in [0.25, 0.3) is 5.91 Å². The van der Waals surface area contributed by atoms with E-state index in [-0.39, 0.29) is 24.2 Å². The van der Waals surface area contributed by atoms with E-state index in [1.807, 2.05) is 31.2 Å². The van der Waals surface area contributed by atoms with E-state index in [1.165, 1.54) is 12.3 Å². The summed E-state index contributed by atoms with van der Waals surface area (Å²) in [4.78, 5) is 27.6. The monoisotopic (exact) mass is 376 g/mol. The number of benzene rings is 1. The second kappa shape index (κ2) is 8.43. The van der Waals surface area contributed by atoms with Crippen molar-refractivity contribution < 1.29 is 14.3 Å². The summed E-state index contributed by atoms with van der Waals surface area (Å²) in [6.45, 7) is 1.65. The fraction of sp³-hybridized carbons (Fsp3) is 0.235. The van der Waals surface area contributed by atoms with Gasteiger partial charge in [-0.1, -0.05) is 41.1 Å². The van der Waals surface area contributed by atoms with Crippen molar-refractivity contribution >= 4 is 27.8 Å². The van der Waals surface area contributed by atoms with Crippen LogP contribution in [0.5, 0.6) is 0 Å². The van der Waals surface area contributed by atoms with Crippen LogP contribution in [-0.4, -0.2) is 23.5 Å². The number of amides is 1. The van der Waals surface area contributed by atoms with Gasteiger partial charge in [-0.25, -0.2) is 9.78 Å². The molecule has 0 bridgehead atoms. The Hall–Kier alpha value is -2.21. The van der Waals surface area contributed by atoms with E-state index in [0.29, 0.717) is 0 Å². The maximum atomic E-state index is 12.0. The van der Waals surface area contributed by atoms with Crippen molar-refractivity contribution in [1.29, 1.82) is 0 Å². The predicted octanol–water partition coefficient (Wildman–Crippen LogP) is 3.27. The second-order valence-electron chi connectivity index (χ2n) is 4.87. The van der Waals surface area contributed by atoms with Crippen LogP contribution in [-0.2, 0) is 9.53 Å². The number of hydrogen-bond acceptors (Lipinski definition) is 4. The van der Waals surface area contributed by atoms with Crippen LogP contribution in [0.25, 0.3) is 0 Å². The predicted molar refractivity (Wildman–Crippen MR) is 89.8 cm³/mol. The first-order chi connectivity index (χ1) is 11.1. The molecule has 23 heavy (non-hydrogen) atoms. The van der Waals surface area contributed by atoms with Crippen molar-refractivity contribution in [1.82, 2.24) is 10.3 Å². The average molecular weight is 377 g/mol. The highest BCUT2D eigenvalue weighted by molar-refractivity contribution is 9.10. The highest BCUT2D eigenvalue weighted by atomic mass is 79.9. The van der Waals surface area contributed by atoms with Crippen LogP contribution in [0.2, 0.25) is 0 Å². The largest absolute Gasteiger partial charge is 0.451 e. The molecule has 0 fully saturated rings. The lowest BCUT2D eigenvalue weighted by atomic mass is 10.0. The zero-order chi connectivity index (χ0) is 16.7. The maximum Gasteiger partial charge on any atom is 0.357 e. The Morgan fingerprint density at radius 3 is 2.57 bits per heavy atom. The number of hydrogen-bond donors (Lipinski definition) is 1. The fourth-order valence-electron chi connectivity index (χ4n) is 2.04. The van der Waals surface area contributed by atoms with E-state index < -0.39 is 5.97 Å². The lowest BCUT2D eigenvalue weighted by molar-refractivity contribution is -0.125. The van der Waals surface area contributed by atoms with Gasteiger partial charge in [-0.3, -0.25) is 4.79 Å². The molecular weight excluding hydrogens is 360 g/mol. The molecule has 2 rings (SSSR count). The van der Waals surface area contributed by atoms with Gasteiger partial charge in [-0.05, 0) is 36.2 Å². The summed E-state index contributed by atoms with van der Waals surface area (Å²) in [5.41, 5.74) is 1.18. The molecule has 6 heteroatoms. The first kappa shape index (κ1) is 17.1. The molecule has 0 radical (unpaired) electrons. The molecule has 0 saturated heterocycles. The lowest BCUT2D eigenvalue weighted by Gasteiger charge is -2.17. The number of rotatable bonds is 6. The molecule has 0 aliphatic carbocycles. The molecule has 1 heterocycles. The molecule has 2 aromatic rings. The van der Waals surface area contributed by atoms with Crippen LogP contribution in [0.3, 0.4) is 0 Å². The summed E-state index contributed by atoms with van der Waals surface area (Å²) in [7, 11) is 0. The van der Waals surface area contributed by atoms with E-state index in [2.05, 4.69) is 26.2 Å². The minimum absolute atomic E-state index is 0.121. The number of halogens is 1. The molecule has 0 aliphatic rings. The SMILES string of the molecule is CC[C@@H](NC(=O)COC(=O)c1ccccn1)c1ccc(Br)cc1. The lowest BCUT2D eigenvalue weighted by Crippen LogP contribution is -2.32. The molecule has 1 N–H and O–H groups in total. The number of esters is 1. The number of carbonyl (C=O) groups excluding carboxylic acids is 2. The van der Waals surface area contributed by atoms with Crippen LogP contribution in [0.4, 0.5) is 0 Å². The van der Waals surface area contributed by atoms with E-state index in [1.54, 1.807) is 12.1 Å². The van der Waals surface area contributed by atoms with Gasteiger partial charge in [0.15, 0.2) is 6.61 Å². The third kappa shape index (κ3) is 5.17. The molecule has 1 aromatic heterocycles. The molecule has 1 atom stereocenters. The first-order valence-electron chi connectivity index (χ1n) is 7.23. The van der Waals surface area contributed by atoms with Crippen molar-refractivity contribution in [3.8, 4) is 0 Å². The summed E-state index contributed by atoms with van der Waals surface area (Å²) < 4.78 is 5.95. The summed E-state index contributed by atoms with van der Waals surface area (Å²) in [6, 6.07) is 12.5. The summed E-state index contributed by atoms with van der Waals surface area (Å²) >= 11 is 3.38. The number of nitrogens with one attached hydrogen (secondary N) is 1. The molecule has 0 spiro atoms. The maximum absolute atomic E-state index is 12.0. The third-order valence-corrected chi connectivity index (χ3v) is 3.75. The molecule has 0 saturated carbocycles. The number of pyridine rings is 1. The van der Waals surface area contributed by atoms with Gasteiger partial charge in [-0.2, -0.15) is 0 Å². The fourth-order valence-corrected chi connectivity index (χ4v) is 2.31.